The van der Waals surface area contributed by atoms with Gasteiger partial charge in [-0.3, -0.25) is 9.39 Å². The maximum atomic E-state index is 5.74. The van der Waals surface area contributed by atoms with E-state index in [-0.39, 0.29) is 0 Å². The van der Waals surface area contributed by atoms with Crippen LogP contribution in [0.2, 0.25) is 0 Å². The summed E-state index contributed by atoms with van der Waals surface area (Å²) in [4.78, 5) is 4.30. The van der Waals surface area contributed by atoms with Gasteiger partial charge in [0, 0.05) is 38.3 Å². The van der Waals surface area contributed by atoms with E-state index in [9.17, 15) is 0 Å². The van der Waals surface area contributed by atoms with Gasteiger partial charge in [0.2, 0.25) is 0 Å². The molecule has 7 nitrogen and oxygen atoms in total. The highest BCUT2D eigenvalue weighted by Crippen LogP contribution is 2.20. The molecule has 0 saturated carbocycles. The summed E-state index contributed by atoms with van der Waals surface area (Å²) >= 11 is 0. The van der Waals surface area contributed by atoms with Gasteiger partial charge in [-0.2, -0.15) is 0 Å². The maximum Gasteiger partial charge on any atom is 0.191 e. The largest absolute Gasteiger partial charge is 0.494 e. The molecule has 3 aromatic rings. The lowest BCUT2D eigenvalue weighted by Crippen LogP contribution is -2.37. The van der Waals surface area contributed by atoms with Crippen molar-refractivity contribution >= 4 is 11.6 Å². The molecular formula is C21H28N6O. The van der Waals surface area contributed by atoms with Crippen molar-refractivity contribution in [2.24, 2.45) is 4.99 Å². The second-order valence-corrected chi connectivity index (χ2v) is 6.55. The van der Waals surface area contributed by atoms with E-state index in [4.69, 9.17) is 4.74 Å². The summed E-state index contributed by atoms with van der Waals surface area (Å²) < 4.78 is 7.77. The lowest BCUT2D eigenvalue weighted by atomic mass is 10.1. The van der Waals surface area contributed by atoms with Crippen LogP contribution in [0, 0.1) is 6.92 Å². The third-order valence-electron chi connectivity index (χ3n) is 4.45. The third-order valence-corrected chi connectivity index (χ3v) is 4.45. The number of nitrogens with zero attached hydrogens (tertiary/aromatic N) is 4. The predicted molar refractivity (Wildman–Crippen MR) is 112 cm³/mol. The molecule has 0 aliphatic heterocycles. The van der Waals surface area contributed by atoms with Crippen LogP contribution in [0.3, 0.4) is 0 Å². The highest BCUT2D eigenvalue weighted by Gasteiger charge is 2.07. The van der Waals surface area contributed by atoms with Gasteiger partial charge in [0.25, 0.3) is 0 Å². The van der Waals surface area contributed by atoms with Gasteiger partial charge >= 0.3 is 0 Å². The Balaban J connectivity index is 1.47. The number of ether oxygens (including phenoxy) is 1. The fourth-order valence-corrected chi connectivity index (χ4v) is 3.01. The molecule has 0 aliphatic rings. The molecule has 1 aromatic carbocycles. The minimum atomic E-state index is 0.654. The minimum Gasteiger partial charge on any atom is -0.494 e. The number of aliphatic imine (C=N–C) groups is 1. The van der Waals surface area contributed by atoms with E-state index in [1.54, 1.807) is 7.05 Å². The summed E-state index contributed by atoms with van der Waals surface area (Å²) in [5.41, 5.74) is 3.19. The van der Waals surface area contributed by atoms with E-state index in [1.807, 2.05) is 35.7 Å². The number of aryl methyl sites for hydroxylation is 2. The molecule has 2 aromatic heterocycles. The van der Waals surface area contributed by atoms with Crippen LogP contribution in [0.25, 0.3) is 5.65 Å². The standard InChI is InChI=1S/C21H28N6O/c1-4-28-18-14-16(2)10-11-17(18)15-24-21(22-3)23-12-7-9-20-26-25-19-8-5-6-13-27(19)20/h5-6,8,10-11,13-14H,4,7,9,12,15H2,1-3H3,(H2,22,23,24). The topological polar surface area (TPSA) is 75.8 Å². The third kappa shape index (κ3) is 5.00. The van der Waals surface area contributed by atoms with Crippen molar-refractivity contribution in [1.82, 2.24) is 25.2 Å². The van der Waals surface area contributed by atoms with Crippen molar-refractivity contribution < 1.29 is 4.74 Å². The summed E-state index contributed by atoms with van der Waals surface area (Å²) in [5.74, 6) is 2.67. The molecule has 0 amide bonds. The first-order valence-corrected chi connectivity index (χ1v) is 9.66. The van der Waals surface area contributed by atoms with Crippen LogP contribution in [0.5, 0.6) is 5.75 Å². The highest BCUT2D eigenvalue weighted by atomic mass is 16.5. The SMILES string of the molecule is CCOc1cc(C)ccc1CNC(=NC)NCCCc1nnc2ccccn12. The van der Waals surface area contributed by atoms with Crippen molar-refractivity contribution in [1.29, 1.82) is 0 Å². The summed E-state index contributed by atoms with van der Waals surface area (Å²) in [7, 11) is 1.78. The summed E-state index contributed by atoms with van der Waals surface area (Å²) in [5, 5.41) is 15.2. The zero-order chi connectivity index (χ0) is 19.8. The highest BCUT2D eigenvalue weighted by molar-refractivity contribution is 5.79. The van der Waals surface area contributed by atoms with Gasteiger partial charge in [-0.25, -0.2) is 0 Å². The van der Waals surface area contributed by atoms with Crippen molar-refractivity contribution in [3.63, 3.8) is 0 Å². The number of hydrogen-bond acceptors (Lipinski definition) is 4. The number of hydrogen-bond donors (Lipinski definition) is 2. The Morgan fingerprint density at radius 3 is 2.89 bits per heavy atom. The molecule has 0 atom stereocenters. The predicted octanol–water partition coefficient (Wildman–Crippen LogP) is 2.73. The Bertz CT molecular complexity index is 934. The molecule has 2 heterocycles. The first kappa shape index (κ1) is 19.7. The van der Waals surface area contributed by atoms with Crippen LogP contribution in [0.4, 0.5) is 0 Å². The number of rotatable bonds is 8. The van der Waals surface area contributed by atoms with Crippen LogP contribution < -0.4 is 15.4 Å². The molecule has 148 valence electrons. The average molecular weight is 380 g/mol. The zero-order valence-electron chi connectivity index (χ0n) is 16.8. The van der Waals surface area contributed by atoms with E-state index in [0.29, 0.717) is 13.2 Å². The van der Waals surface area contributed by atoms with Gasteiger partial charge in [-0.15, -0.1) is 10.2 Å². The second kappa shape index (κ2) is 9.73. The fraction of sp³-hybridized carbons (Fsp3) is 0.381. The number of nitrogens with one attached hydrogen (secondary N) is 2. The number of aromatic nitrogens is 3. The Kier molecular flexibility index (Phi) is 6.84. The van der Waals surface area contributed by atoms with E-state index < -0.39 is 0 Å². The van der Waals surface area contributed by atoms with Gasteiger partial charge in [0.1, 0.15) is 11.6 Å². The Labute approximate surface area is 165 Å². The van der Waals surface area contributed by atoms with Gasteiger partial charge in [-0.1, -0.05) is 18.2 Å². The number of guanidine groups is 1. The van der Waals surface area contributed by atoms with Crippen LogP contribution in [-0.2, 0) is 13.0 Å². The van der Waals surface area contributed by atoms with E-state index >= 15 is 0 Å². The van der Waals surface area contributed by atoms with E-state index in [1.165, 1.54) is 5.56 Å². The van der Waals surface area contributed by atoms with Crippen molar-refractivity contribution in [3.8, 4) is 5.75 Å². The van der Waals surface area contributed by atoms with E-state index in [2.05, 4.69) is 50.9 Å². The molecule has 3 rings (SSSR count). The lowest BCUT2D eigenvalue weighted by molar-refractivity contribution is 0.336. The number of fused-ring (bicyclic) bond motifs is 1. The van der Waals surface area contributed by atoms with Crippen molar-refractivity contribution in [2.45, 2.75) is 33.2 Å². The van der Waals surface area contributed by atoms with Crippen molar-refractivity contribution in [2.75, 3.05) is 20.2 Å². The van der Waals surface area contributed by atoms with Crippen LogP contribution in [0.15, 0.2) is 47.6 Å². The van der Waals surface area contributed by atoms with E-state index in [0.717, 1.165) is 48.1 Å². The molecule has 0 radical (unpaired) electrons. The summed E-state index contributed by atoms with van der Waals surface area (Å²) in [6.07, 6.45) is 3.78. The molecule has 0 bridgehead atoms. The molecule has 7 heteroatoms. The number of pyridine rings is 1. The monoisotopic (exact) mass is 380 g/mol. The Hall–Kier alpha value is -3.09. The quantitative estimate of drug-likeness (QED) is 0.357. The Morgan fingerprint density at radius 2 is 2.07 bits per heavy atom. The molecule has 2 N–H and O–H groups in total. The molecule has 0 saturated heterocycles. The minimum absolute atomic E-state index is 0.654. The summed E-state index contributed by atoms with van der Waals surface area (Å²) in [6, 6.07) is 12.2. The fourth-order valence-electron chi connectivity index (χ4n) is 3.01. The first-order valence-electron chi connectivity index (χ1n) is 9.66. The normalized spacial score (nSPS) is 11.6. The molecular weight excluding hydrogens is 352 g/mol. The van der Waals surface area contributed by atoms with Gasteiger partial charge in [0.05, 0.1) is 6.61 Å². The van der Waals surface area contributed by atoms with Crippen LogP contribution in [-0.4, -0.2) is 40.8 Å². The van der Waals surface area contributed by atoms with Gasteiger partial charge in [-0.05, 0) is 44.0 Å². The number of benzene rings is 1. The average Bonchev–Trinajstić information content (AvgIpc) is 3.12. The van der Waals surface area contributed by atoms with Crippen molar-refractivity contribution in [3.05, 3.63) is 59.5 Å². The maximum absolute atomic E-state index is 5.74. The lowest BCUT2D eigenvalue weighted by Gasteiger charge is -2.15. The van der Waals surface area contributed by atoms with Gasteiger partial charge < -0.3 is 15.4 Å². The molecule has 0 unspecified atom stereocenters. The van der Waals surface area contributed by atoms with Gasteiger partial charge in [0.15, 0.2) is 11.6 Å². The zero-order valence-corrected chi connectivity index (χ0v) is 16.8. The first-order chi connectivity index (χ1) is 13.7. The molecule has 28 heavy (non-hydrogen) atoms. The van der Waals surface area contributed by atoms with Crippen LogP contribution >= 0.6 is 0 Å². The van der Waals surface area contributed by atoms with Crippen LogP contribution in [0.1, 0.15) is 30.3 Å². The summed E-state index contributed by atoms with van der Waals surface area (Å²) in [6.45, 7) is 6.18. The Morgan fingerprint density at radius 1 is 1.18 bits per heavy atom. The molecule has 0 spiro atoms. The molecule has 0 aliphatic carbocycles. The smallest absolute Gasteiger partial charge is 0.191 e. The second-order valence-electron chi connectivity index (χ2n) is 6.55. The molecule has 0 fully saturated rings.